The van der Waals surface area contributed by atoms with E-state index in [1.165, 1.54) is 116 Å². The molecule has 3 N–H and O–H groups in total. The van der Waals surface area contributed by atoms with Crippen LogP contribution in [0.5, 0.6) is 0 Å². The summed E-state index contributed by atoms with van der Waals surface area (Å²) in [5, 5.41) is 2.98. The second kappa shape index (κ2) is 25.5. The van der Waals surface area contributed by atoms with Gasteiger partial charge in [0.25, 0.3) is 0 Å². The van der Waals surface area contributed by atoms with Crippen LogP contribution in [0, 0.1) is 0 Å². The number of carbonyl (C=O) groups excluding carboxylic acids is 1. The molecule has 3 nitrogen and oxygen atoms in total. The minimum Gasteiger partial charge on any atom is -0.356 e. The summed E-state index contributed by atoms with van der Waals surface area (Å²) in [6.45, 7) is 3.79. The fourth-order valence-corrected chi connectivity index (χ4v) is 3.95. The van der Waals surface area contributed by atoms with Crippen LogP contribution in [-0.2, 0) is 4.79 Å². The van der Waals surface area contributed by atoms with Gasteiger partial charge < -0.3 is 11.1 Å². The van der Waals surface area contributed by atoms with Crippen molar-refractivity contribution in [2.24, 2.45) is 5.73 Å². The molecule has 1 amide bonds. The normalized spacial score (nSPS) is 11.1. The molecule has 0 atom stereocenters. The molecule has 29 heavy (non-hydrogen) atoms. The van der Waals surface area contributed by atoms with Gasteiger partial charge in [-0.05, 0) is 25.8 Å². The van der Waals surface area contributed by atoms with Crippen molar-refractivity contribution in [2.75, 3.05) is 13.1 Å². The van der Waals surface area contributed by atoms with Gasteiger partial charge in [-0.15, -0.1) is 0 Å². The molecule has 174 valence electrons. The number of rotatable bonds is 24. The lowest BCUT2D eigenvalue weighted by molar-refractivity contribution is -0.121. The Labute approximate surface area is 183 Å². The Hall–Kier alpha value is -0.570. The van der Waals surface area contributed by atoms with Gasteiger partial charge in [-0.3, -0.25) is 4.79 Å². The van der Waals surface area contributed by atoms with Crippen molar-refractivity contribution in [1.82, 2.24) is 5.32 Å². The van der Waals surface area contributed by atoms with Gasteiger partial charge in [0.15, 0.2) is 0 Å². The summed E-state index contributed by atoms with van der Waals surface area (Å²) in [5.41, 5.74) is 5.45. The number of carbonyl (C=O) groups is 1. The lowest BCUT2D eigenvalue weighted by Crippen LogP contribution is -2.24. The Morgan fingerprint density at radius 2 is 0.931 bits per heavy atom. The predicted octanol–water partition coefficient (Wildman–Crippen LogP) is 7.66. The van der Waals surface area contributed by atoms with E-state index in [1.54, 1.807) is 0 Å². The SMILES string of the molecule is CCCCCCCCCCCCCCCCCCCCCC(=O)NCCCCN. The molecule has 0 aliphatic rings. The van der Waals surface area contributed by atoms with E-state index in [2.05, 4.69) is 12.2 Å². The molecule has 0 aromatic rings. The highest BCUT2D eigenvalue weighted by atomic mass is 16.1. The van der Waals surface area contributed by atoms with Crippen LogP contribution in [0.15, 0.2) is 0 Å². The van der Waals surface area contributed by atoms with Crippen molar-refractivity contribution in [3.05, 3.63) is 0 Å². The first-order valence-electron chi connectivity index (χ1n) is 13.3. The van der Waals surface area contributed by atoms with Gasteiger partial charge in [0.1, 0.15) is 0 Å². The Morgan fingerprint density at radius 3 is 1.31 bits per heavy atom. The first-order chi connectivity index (χ1) is 14.3. The molecular weight excluding hydrogens is 356 g/mol. The van der Waals surface area contributed by atoms with Crippen LogP contribution in [0.2, 0.25) is 0 Å². The number of hydrogen-bond acceptors (Lipinski definition) is 2. The number of unbranched alkanes of at least 4 members (excludes halogenated alkanes) is 19. The summed E-state index contributed by atoms with van der Waals surface area (Å²) in [4.78, 5) is 11.6. The summed E-state index contributed by atoms with van der Waals surface area (Å²) in [6.07, 6.45) is 29.1. The lowest BCUT2D eigenvalue weighted by atomic mass is 10.0. The second-order valence-corrected chi connectivity index (χ2v) is 8.96. The van der Waals surface area contributed by atoms with Crippen LogP contribution in [0.25, 0.3) is 0 Å². The van der Waals surface area contributed by atoms with E-state index in [0.717, 1.165) is 32.4 Å². The van der Waals surface area contributed by atoms with Crippen molar-refractivity contribution in [2.45, 2.75) is 148 Å². The molecule has 0 heterocycles. The van der Waals surface area contributed by atoms with Gasteiger partial charge in [-0.2, -0.15) is 0 Å². The van der Waals surface area contributed by atoms with E-state index in [1.807, 2.05) is 0 Å². The van der Waals surface area contributed by atoms with Crippen LogP contribution >= 0.6 is 0 Å². The maximum atomic E-state index is 11.6. The van der Waals surface area contributed by atoms with Crippen LogP contribution in [0.3, 0.4) is 0 Å². The zero-order valence-corrected chi connectivity index (χ0v) is 20.0. The average Bonchev–Trinajstić information content (AvgIpc) is 2.73. The number of nitrogens with one attached hydrogen (secondary N) is 1. The topological polar surface area (TPSA) is 55.1 Å². The van der Waals surface area contributed by atoms with Gasteiger partial charge >= 0.3 is 0 Å². The Balaban J connectivity index is 3.07. The smallest absolute Gasteiger partial charge is 0.219 e. The molecule has 0 aliphatic heterocycles. The van der Waals surface area contributed by atoms with E-state index in [9.17, 15) is 4.79 Å². The largest absolute Gasteiger partial charge is 0.356 e. The van der Waals surface area contributed by atoms with Crippen molar-refractivity contribution in [1.29, 1.82) is 0 Å². The lowest BCUT2D eigenvalue weighted by Gasteiger charge is -2.05. The minimum absolute atomic E-state index is 0.217. The molecule has 0 aromatic heterocycles. The van der Waals surface area contributed by atoms with E-state index >= 15 is 0 Å². The summed E-state index contributed by atoms with van der Waals surface area (Å²) < 4.78 is 0. The molecule has 0 bridgehead atoms. The zero-order chi connectivity index (χ0) is 21.3. The number of amides is 1. The molecule has 0 spiro atoms. The quantitative estimate of drug-likeness (QED) is 0.160. The minimum atomic E-state index is 0.217. The molecule has 0 fully saturated rings. The molecule has 0 saturated heterocycles. The van der Waals surface area contributed by atoms with E-state index in [-0.39, 0.29) is 5.91 Å². The zero-order valence-electron chi connectivity index (χ0n) is 20.0. The molecule has 0 rings (SSSR count). The third kappa shape index (κ3) is 25.4. The molecule has 0 aliphatic carbocycles. The average molecular weight is 411 g/mol. The first-order valence-corrected chi connectivity index (χ1v) is 13.3. The number of hydrogen-bond donors (Lipinski definition) is 2. The summed E-state index contributed by atoms with van der Waals surface area (Å²) in [6, 6.07) is 0. The Bertz CT molecular complexity index is 320. The fourth-order valence-electron chi connectivity index (χ4n) is 3.95. The third-order valence-corrected chi connectivity index (χ3v) is 5.96. The van der Waals surface area contributed by atoms with Crippen LogP contribution < -0.4 is 11.1 Å². The van der Waals surface area contributed by atoms with Crippen LogP contribution in [-0.4, -0.2) is 19.0 Å². The fraction of sp³-hybridized carbons (Fsp3) is 0.962. The van der Waals surface area contributed by atoms with Crippen molar-refractivity contribution >= 4 is 5.91 Å². The van der Waals surface area contributed by atoms with Gasteiger partial charge in [0, 0.05) is 13.0 Å². The molecule has 0 radical (unpaired) electrons. The van der Waals surface area contributed by atoms with Gasteiger partial charge in [-0.25, -0.2) is 0 Å². The highest BCUT2D eigenvalue weighted by Crippen LogP contribution is 2.14. The highest BCUT2D eigenvalue weighted by molar-refractivity contribution is 5.75. The monoisotopic (exact) mass is 410 g/mol. The standard InChI is InChI=1S/C26H54N2O/c1-2-3-4-5-6-7-8-9-10-11-12-13-14-15-16-17-18-19-20-23-26(29)28-25-22-21-24-27/h2-25,27H2,1H3,(H,28,29). The molecule has 0 unspecified atom stereocenters. The van der Waals surface area contributed by atoms with Gasteiger partial charge in [0.2, 0.25) is 5.91 Å². The van der Waals surface area contributed by atoms with Gasteiger partial charge in [0.05, 0.1) is 0 Å². The van der Waals surface area contributed by atoms with E-state index < -0.39 is 0 Å². The van der Waals surface area contributed by atoms with Crippen molar-refractivity contribution in [3.63, 3.8) is 0 Å². The summed E-state index contributed by atoms with van der Waals surface area (Å²) in [5.74, 6) is 0.217. The molecule has 3 heteroatoms. The second-order valence-electron chi connectivity index (χ2n) is 8.96. The summed E-state index contributed by atoms with van der Waals surface area (Å²) >= 11 is 0. The summed E-state index contributed by atoms with van der Waals surface area (Å²) in [7, 11) is 0. The highest BCUT2D eigenvalue weighted by Gasteiger charge is 2.00. The van der Waals surface area contributed by atoms with Crippen LogP contribution in [0.4, 0.5) is 0 Å². The van der Waals surface area contributed by atoms with Crippen LogP contribution in [0.1, 0.15) is 148 Å². The van der Waals surface area contributed by atoms with Crippen molar-refractivity contribution < 1.29 is 4.79 Å². The maximum Gasteiger partial charge on any atom is 0.219 e. The maximum absolute atomic E-state index is 11.6. The molecular formula is C26H54N2O. The number of nitrogens with two attached hydrogens (primary N) is 1. The Kier molecular flexibility index (Phi) is 25.0. The molecule has 0 aromatic carbocycles. The van der Waals surface area contributed by atoms with Gasteiger partial charge in [-0.1, -0.05) is 122 Å². The third-order valence-electron chi connectivity index (χ3n) is 5.96. The van der Waals surface area contributed by atoms with E-state index in [4.69, 9.17) is 5.73 Å². The van der Waals surface area contributed by atoms with Crippen molar-refractivity contribution in [3.8, 4) is 0 Å². The molecule has 0 saturated carbocycles. The first kappa shape index (κ1) is 28.4. The Morgan fingerprint density at radius 1 is 0.552 bits per heavy atom. The predicted molar refractivity (Wildman–Crippen MR) is 129 cm³/mol. The van der Waals surface area contributed by atoms with E-state index in [0.29, 0.717) is 6.42 Å².